The highest BCUT2D eigenvalue weighted by atomic mass is 15.5. The van der Waals surface area contributed by atoms with Crippen LogP contribution in [0.4, 0.5) is 0 Å². The van der Waals surface area contributed by atoms with E-state index in [2.05, 4.69) is 11.7 Å². The SMILES string of the molecule is C=C(C)N(CC1CCCCC1)N=C(N)N. The van der Waals surface area contributed by atoms with Crippen LogP contribution in [-0.2, 0) is 0 Å². The Bertz CT molecular complexity index is 237. The van der Waals surface area contributed by atoms with E-state index in [1.54, 1.807) is 0 Å². The predicted octanol–water partition coefficient (Wildman–Crippen LogP) is 1.59. The number of rotatable bonds is 4. The van der Waals surface area contributed by atoms with E-state index in [0.717, 1.165) is 12.2 Å². The van der Waals surface area contributed by atoms with Gasteiger partial charge in [0, 0.05) is 12.2 Å². The fraction of sp³-hybridized carbons (Fsp3) is 0.727. The molecular formula is C11H22N4. The van der Waals surface area contributed by atoms with Crippen LogP contribution < -0.4 is 11.5 Å². The molecule has 0 unspecified atom stereocenters. The summed E-state index contributed by atoms with van der Waals surface area (Å²) >= 11 is 0. The molecule has 0 radical (unpaired) electrons. The molecule has 4 N–H and O–H groups in total. The summed E-state index contributed by atoms with van der Waals surface area (Å²) in [6.45, 7) is 6.70. The van der Waals surface area contributed by atoms with Crippen molar-refractivity contribution in [1.82, 2.24) is 5.01 Å². The van der Waals surface area contributed by atoms with Crippen molar-refractivity contribution in [3.63, 3.8) is 0 Å². The third-order valence-corrected chi connectivity index (χ3v) is 2.83. The monoisotopic (exact) mass is 210 g/mol. The highest BCUT2D eigenvalue weighted by Gasteiger charge is 2.16. The van der Waals surface area contributed by atoms with E-state index in [4.69, 9.17) is 11.5 Å². The molecule has 0 bridgehead atoms. The van der Waals surface area contributed by atoms with E-state index < -0.39 is 0 Å². The van der Waals surface area contributed by atoms with E-state index in [-0.39, 0.29) is 5.96 Å². The lowest BCUT2D eigenvalue weighted by Gasteiger charge is -2.27. The lowest BCUT2D eigenvalue weighted by Crippen LogP contribution is -2.31. The van der Waals surface area contributed by atoms with Gasteiger partial charge in [0.15, 0.2) is 0 Å². The maximum Gasteiger partial charge on any atom is 0.209 e. The molecule has 1 rings (SSSR count). The Labute approximate surface area is 92.0 Å². The number of nitrogens with zero attached hydrogens (tertiary/aromatic N) is 2. The first-order chi connectivity index (χ1) is 7.09. The average molecular weight is 210 g/mol. The van der Waals surface area contributed by atoms with E-state index in [0.29, 0.717) is 5.92 Å². The van der Waals surface area contributed by atoms with Gasteiger partial charge in [0.2, 0.25) is 5.96 Å². The average Bonchev–Trinajstić information content (AvgIpc) is 2.17. The van der Waals surface area contributed by atoms with Crippen LogP contribution in [0.1, 0.15) is 39.0 Å². The van der Waals surface area contributed by atoms with Crippen LogP contribution >= 0.6 is 0 Å². The molecule has 1 aliphatic carbocycles. The van der Waals surface area contributed by atoms with Crippen molar-refractivity contribution < 1.29 is 0 Å². The number of nitrogens with two attached hydrogens (primary N) is 2. The second-order valence-electron chi connectivity index (χ2n) is 4.35. The van der Waals surface area contributed by atoms with E-state index in [1.165, 1.54) is 32.1 Å². The molecule has 0 aromatic carbocycles. The van der Waals surface area contributed by atoms with Gasteiger partial charge in [0.05, 0.1) is 0 Å². The Kier molecular flexibility index (Phi) is 4.46. The van der Waals surface area contributed by atoms with Crippen molar-refractivity contribution in [2.75, 3.05) is 6.54 Å². The molecular weight excluding hydrogens is 188 g/mol. The van der Waals surface area contributed by atoms with Gasteiger partial charge in [0.25, 0.3) is 0 Å². The molecule has 0 saturated heterocycles. The van der Waals surface area contributed by atoms with E-state index in [1.807, 2.05) is 11.9 Å². The summed E-state index contributed by atoms with van der Waals surface area (Å²) < 4.78 is 0. The molecule has 86 valence electrons. The molecule has 4 nitrogen and oxygen atoms in total. The van der Waals surface area contributed by atoms with Crippen LogP contribution in [0.3, 0.4) is 0 Å². The number of allylic oxidation sites excluding steroid dienone is 1. The van der Waals surface area contributed by atoms with Gasteiger partial charge < -0.3 is 11.5 Å². The quantitative estimate of drug-likeness (QED) is 0.420. The third-order valence-electron chi connectivity index (χ3n) is 2.83. The number of guanidine groups is 1. The number of hydrogen-bond acceptors (Lipinski definition) is 2. The summed E-state index contributed by atoms with van der Waals surface area (Å²) in [6, 6.07) is 0. The first-order valence-electron chi connectivity index (χ1n) is 5.62. The molecule has 1 fully saturated rings. The molecule has 0 atom stereocenters. The summed E-state index contributed by atoms with van der Waals surface area (Å²) in [6.07, 6.45) is 6.59. The Balaban J connectivity index is 2.50. The molecule has 0 aliphatic heterocycles. The first-order valence-corrected chi connectivity index (χ1v) is 5.62. The normalized spacial score (nSPS) is 17.1. The maximum absolute atomic E-state index is 5.38. The van der Waals surface area contributed by atoms with Crippen LogP contribution in [0, 0.1) is 5.92 Å². The lowest BCUT2D eigenvalue weighted by atomic mass is 9.89. The number of hydrazone groups is 1. The molecule has 1 aliphatic rings. The molecule has 0 amide bonds. The van der Waals surface area contributed by atoms with Gasteiger partial charge in [-0.15, -0.1) is 5.10 Å². The zero-order valence-corrected chi connectivity index (χ0v) is 9.58. The zero-order valence-electron chi connectivity index (χ0n) is 9.58. The summed E-state index contributed by atoms with van der Waals surface area (Å²) in [7, 11) is 0. The molecule has 0 aromatic rings. The van der Waals surface area contributed by atoms with Crippen LogP contribution in [0.5, 0.6) is 0 Å². The summed E-state index contributed by atoms with van der Waals surface area (Å²) in [5, 5.41) is 5.90. The molecule has 0 aromatic heterocycles. The van der Waals surface area contributed by atoms with Crippen molar-refractivity contribution in [1.29, 1.82) is 0 Å². The minimum absolute atomic E-state index is 0.105. The van der Waals surface area contributed by atoms with Crippen molar-refractivity contribution in [3.8, 4) is 0 Å². The molecule has 0 heterocycles. The van der Waals surface area contributed by atoms with Crippen LogP contribution in [0.2, 0.25) is 0 Å². The maximum atomic E-state index is 5.38. The lowest BCUT2D eigenvalue weighted by molar-refractivity contribution is 0.247. The van der Waals surface area contributed by atoms with Crippen molar-refractivity contribution in [2.24, 2.45) is 22.5 Å². The fourth-order valence-corrected chi connectivity index (χ4v) is 2.04. The van der Waals surface area contributed by atoms with Crippen molar-refractivity contribution in [3.05, 3.63) is 12.3 Å². The summed E-state index contributed by atoms with van der Waals surface area (Å²) in [5.74, 6) is 0.812. The van der Waals surface area contributed by atoms with Gasteiger partial charge in [-0.25, -0.2) is 0 Å². The van der Waals surface area contributed by atoms with Gasteiger partial charge >= 0.3 is 0 Å². The molecule has 15 heavy (non-hydrogen) atoms. The minimum atomic E-state index is 0.105. The van der Waals surface area contributed by atoms with Gasteiger partial charge in [-0.05, 0) is 25.7 Å². The van der Waals surface area contributed by atoms with Gasteiger partial charge in [0.1, 0.15) is 0 Å². The summed E-state index contributed by atoms with van der Waals surface area (Å²) in [5.41, 5.74) is 11.7. The number of hydrogen-bond donors (Lipinski definition) is 2. The van der Waals surface area contributed by atoms with Crippen LogP contribution in [0.15, 0.2) is 17.4 Å². The largest absolute Gasteiger partial charge is 0.369 e. The van der Waals surface area contributed by atoms with Crippen molar-refractivity contribution in [2.45, 2.75) is 39.0 Å². The Morgan fingerprint density at radius 2 is 1.93 bits per heavy atom. The van der Waals surface area contributed by atoms with Gasteiger partial charge in [-0.3, -0.25) is 5.01 Å². The van der Waals surface area contributed by atoms with E-state index >= 15 is 0 Å². The molecule has 1 saturated carbocycles. The highest BCUT2D eigenvalue weighted by Crippen LogP contribution is 2.25. The second-order valence-corrected chi connectivity index (χ2v) is 4.35. The molecule has 4 heteroatoms. The highest BCUT2D eigenvalue weighted by molar-refractivity contribution is 5.75. The van der Waals surface area contributed by atoms with Gasteiger partial charge in [-0.1, -0.05) is 25.8 Å². The topological polar surface area (TPSA) is 67.6 Å². The Hall–Kier alpha value is -1.19. The van der Waals surface area contributed by atoms with Crippen LogP contribution in [-0.4, -0.2) is 17.5 Å². The third kappa shape index (κ3) is 4.23. The van der Waals surface area contributed by atoms with Gasteiger partial charge in [-0.2, -0.15) is 0 Å². The first kappa shape index (κ1) is 11.9. The Morgan fingerprint density at radius 3 is 2.40 bits per heavy atom. The molecule has 0 spiro atoms. The van der Waals surface area contributed by atoms with Crippen molar-refractivity contribution >= 4 is 5.96 Å². The summed E-state index contributed by atoms with van der Waals surface area (Å²) in [4.78, 5) is 0. The van der Waals surface area contributed by atoms with Crippen LogP contribution in [0.25, 0.3) is 0 Å². The minimum Gasteiger partial charge on any atom is -0.369 e. The van der Waals surface area contributed by atoms with E-state index in [9.17, 15) is 0 Å². The zero-order chi connectivity index (χ0) is 11.3. The smallest absolute Gasteiger partial charge is 0.209 e. The standard InChI is InChI=1S/C11H22N4/c1-9(2)15(14-11(12)13)8-10-6-4-3-5-7-10/h10H,1,3-8H2,2H3,(H4,12,13,14). The fourth-order valence-electron chi connectivity index (χ4n) is 2.04. The second kappa shape index (κ2) is 5.63. The Morgan fingerprint density at radius 1 is 1.33 bits per heavy atom. The predicted molar refractivity (Wildman–Crippen MR) is 63.9 cm³/mol.